The number of rotatable bonds is 11. The van der Waals surface area contributed by atoms with Gasteiger partial charge >= 0.3 is 6.61 Å². The lowest BCUT2D eigenvalue weighted by molar-refractivity contribution is -0.385. The number of sulfonamides is 1. The van der Waals surface area contributed by atoms with Crippen molar-refractivity contribution in [1.82, 2.24) is 4.31 Å². The van der Waals surface area contributed by atoms with Gasteiger partial charge in [-0.05, 0) is 29.8 Å². The molecule has 0 saturated heterocycles. The molecule has 0 spiro atoms. The van der Waals surface area contributed by atoms with Gasteiger partial charge in [0, 0.05) is 25.2 Å². The van der Waals surface area contributed by atoms with E-state index in [1.165, 1.54) is 37.6 Å². The number of methoxy groups -OCH3 is 1. The Kier molecular flexibility index (Phi) is 8.43. The highest BCUT2D eigenvalue weighted by atomic mass is 32.2. The van der Waals surface area contributed by atoms with Gasteiger partial charge in [0.2, 0.25) is 10.0 Å². The van der Waals surface area contributed by atoms with E-state index in [1.807, 2.05) is 0 Å². The van der Waals surface area contributed by atoms with Crippen molar-refractivity contribution in [3.63, 3.8) is 0 Å². The molecule has 0 atom stereocenters. The van der Waals surface area contributed by atoms with E-state index < -0.39 is 21.6 Å². The summed E-state index contributed by atoms with van der Waals surface area (Å²) in [7, 11) is -2.74. The largest absolute Gasteiger partial charge is 0.493 e. The van der Waals surface area contributed by atoms with Gasteiger partial charge in [-0.2, -0.15) is 18.2 Å². The molecular weight excluding hydrogens is 450 g/mol. The van der Waals surface area contributed by atoms with Crippen molar-refractivity contribution in [2.75, 3.05) is 25.6 Å². The number of ether oxygens (including phenoxy) is 2. The average molecular weight is 472 g/mol. The SMILES string of the molecule is CCN(CC)S(=O)(=O)c1cc([N+](=O)[O-])ccc1N/N=C/c1ccc(OC(F)F)c(OC)c1. The minimum absolute atomic E-state index is 0.0309. The minimum atomic E-state index is -4.03. The quantitative estimate of drug-likeness (QED) is 0.301. The summed E-state index contributed by atoms with van der Waals surface area (Å²) in [5, 5.41) is 15.1. The molecule has 0 aromatic heterocycles. The van der Waals surface area contributed by atoms with E-state index >= 15 is 0 Å². The number of non-ortho nitro benzene ring substituents is 1. The first kappa shape index (κ1) is 24.9. The van der Waals surface area contributed by atoms with Crippen LogP contribution >= 0.6 is 0 Å². The molecule has 2 rings (SSSR count). The second-order valence-electron chi connectivity index (χ2n) is 6.19. The van der Waals surface area contributed by atoms with Crippen LogP contribution in [0.2, 0.25) is 0 Å². The molecule has 13 heteroatoms. The van der Waals surface area contributed by atoms with Crippen LogP contribution in [0.3, 0.4) is 0 Å². The zero-order valence-corrected chi connectivity index (χ0v) is 18.3. The van der Waals surface area contributed by atoms with Crippen LogP contribution in [0.4, 0.5) is 20.2 Å². The van der Waals surface area contributed by atoms with E-state index in [2.05, 4.69) is 15.3 Å². The summed E-state index contributed by atoms with van der Waals surface area (Å²) in [4.78, 5) is 10.1. The van der Waals surface area contributed by atoms with Crippen LogP contribution < -0.4 is 14.9 Å². The van der Waals surface area contributed by atoms with E-state index in [-0.39, 0.29) is 40.9 Å². The Morgan fingerprint density at radius 2 is 1.88 bits per heavy atom. The molecule has 0 radical (unpaired) electrons. The van der Waals surface area contributed by atoms with Gasteiger partial charge in [-0.15, -0.1) is 0 Å². The van der Waals surface area contributed by atoms with Crippen molar-refractivity contribution < 1.29 is 31.6 Å². The number of nitro benzene ring substituents is 1. The first-order valence-electron chi connectivity index (χ1n) is 9.34. The monoisotopic (exact) mass is 472 g/mol. The maximum absolute atomic E-state index is 13.0. The molecule has 2 aromatic rings. The minimum Gasteiger partial charge on any atom is -0.493 e. The maximum Gasteiger partial charge on any atom is 0.387 e. The lowest BCUT2D eigenvalue weighted by Crippen LogP contribution is -2.31. The number of alkyl halides is 2. The number of hydrazone groups is 1. The van der Waals surface area contributed by atoms with E-state index in [1.54, 1.807) is 13.8 Å². The highest BCUT2D eigenvalue weighted by Crippen LogP contribution is 2.30. The zero-order valence-electron chi connectivity index (χ0n) is 17.5. The van der Waals surface area contributed by atoms with Gasteiger partial charge < -0.3 is 9.47 Å². The van der Waals surface area contributed by atoms with E-state index in [0.717, 1.165) is 16.4 Å². The standard InChI is InChI=1S/C19H22F2N4O6S/c1-4-24(5-2)32(28,29)18-11-14(25(26)27)7-8-15(18)23-22-12-13-6-9-16(31-19(20)21)17(10-13)30-3/h6-12,19,23H,4-5H2,1-3H3/b22-12+. The molecule has 32 heavy (non-hydrogen) atoms. The summed E-state index contributed by atoms with van der Waals surface area (Å²) in [6.45, 7) is 0.642. The first-order chi connectivity index (χ1) is 15.1. The number of hydrogen-bond acceptors (Lipinski definition) is 8. The molecule has 0 fully saturated rings. The Morgan fingerprint density at radius 3 is 2.44 bits per heavy atom. The molecule has 0 aliphatic heterocycles. The van der Waals surface area contributed by atoms with Crippen molar-refractivity contribution in [3.8, 4) is 11.5 Å². The van der Waals surface area contributed by atoms with E-state index in [9.17, 15) is 27.3 Å². The topological polar surface area (TPSA) is 123 Å². The summed E-state index contributed by atoms with van der Waals surface area (Å²) < 4.78 is 61.3. The van der Waals surface area contributed by atoms with Gasteiger partial charge in [-0.3, -0.25) is 15.5 Å². The first-order valence-corrected chi connectivity index (χ1v) is 10.8. The van der Waals surface area contributed by atoms with E-state index in [4.69, 9.17) is 4.74 Å². The van der Waals surface area contributed by atoms with Crippen LogP contribution in [0.5, 0.6) is 11.5 Å². The van der Waals surface area contributed by atoms with Crippen LogP contribution in [0.1, 0.15) is 19.4 Å². The normalized spacial score (nSPS) is 11.8. The molecule has 0 unspecified atom stereocenters. The Balaban J connectivity index is 2.37. The molecule has 174 valence electrons. The molecule has 0 aliphatic rings. The number of halogens is 2. The number of anilines is 1. The van der Waals surface area contributed by atoms with Gasteiger partial charge in [0.05, 0.1) is 23.9 Å². The summed E-state index contributed by atoms with van der Waals surface area (Å²) in [6.07, 6.45) is 1.30. The van der Waals surface area contributed by atoms with Gasteiger partial charge in [0.1, 0.15) is 4.90 Å². The Bertz CT molecular complexity index is 1090. The average Bonchev–Trinajstić information content (AvgIpc) is 2.74. The fraction of sp³-hybridized carbons (Fsp3) is 0.316. The molecule has 0 amide bonds. The zero-order chi connectivity index (χ0) is 23.9. The van der Waals surface area contributed by atoms with Crippen molar-refractivity contribution in [2.24, 2.45) is 5.10 Å². The molecule has 2 aromatic carbocycles. The predicted molar refractivity (Wildman–Crippen MR) is 114 cm³/mol. The fourth-order valence-electron chi connectivity index (χ4n) is 2.77. The second kappa shape index (κ2) is 10.8. The van der Waals surface area contributed by atoms with Crippen LogP contribution in [0.15, 0.2) is 46.4 Å². The molecular formula is C19H22F2N4O6S. The molecule has 1 N–H and O–H groups in total. The van der Waals surface area contributed by atoms with Crippen molar-refractivity contribution in [2.45, 2.75) is 25.4 Å². The predicted octanol–water partition coefficient (Wildman–Crippen LogP) is 3.68. The van der Waals surface area contributed by atoms with E-state index in [0.29, 0.717) is 5.56 Å². The van der Waals surface area contributed by atoms with Crippen LogP contribution in [0.25, 0.3) is 0 Å². The summed E-state index contributed by atoms with van der Waals surface area (Å²) in [6, 6.07) is 7.46. The Labute approximate surface area is 183 Å². The van der Waals surface area contributed by atoms with Crippen LogP contribution in [0, 0.1) is 10.1 Å². The van der Waals surface area contributed by atoms with Crippen LogP contribution in [-0.4, -0.2) is 50.7 Å². The lowest BCUT2D eigenvalue weighted by atomic mass is 10.2. The number of nitrogens with one attached hydrogen (secondary N) is 1. The summed E-state index contributed by atoms with van der Waals surface area (Å²) in [5.41, 5.74) is 2.65. The molecule has 0 aliphatic carbocycles. The third-order valence-corrected chi connectivity index (χ3v) is 6.39. The van der Waals surface area contributed by atoms with Gasteiger partial charge in [0.25, 0.3) is 5.69 Å². The van der Waals surface area contributed by atoms with Crippen molar-refractivity contribution in [1.29, 1.82) is 0 Å². The van der Waals surface area contributed by atoms with Crippen molar-refractivity contribution >= 4 is 27.6 Å². The number of hydrogen-bond donors (Lipinski definition) is 1. The number of benzene rings is 2. The van der Waals surface area contributed by atoms with Gasteiger partial charge in [0.15, 0.2) is 11.5 Å². The maximum atomic E-state index is 13.0. The number of nitrogens with zero attached hydrogens (tertiary/aromatic N) is 3. The molecule has 0 heterocycles. The lowest BCUT2D eigenvalue weighted by Gasteiger charge is -2.20. The van der Waals surface area contributed by atoms with Crippen LogP contribution in [-0.2, 0) is 10.0 Å². The summed E-state index contributed by atoms with van der Waals surface area (Å²) in [5.74, 6) is -0.107. The second-order valence-corrected chi connectivity index (χ2v) is 8.09. The Hall–Kier alpha value is -3.32. The number of nitro groups is 1. The highest BCUT2D eigenvalue weighted by molar-refractivity contribution is 7.89. The van der Waals surface area contributed by atoms with Crippen molar-refractivity contribution in [3.05, 3.63) is 52.1 Å². The van der Waals surface area contributed by atoms with Gasteiger partial charge in [-0.25, -0.2) is 8.42 Å². The molecule has 10 nitrogen and oxygen atoms in total. The Morgan fingerprint density at radius 1 is 1.19 bits per heavy atom. The van der Waals surface area contributed by atoms with Gasteiger partial charge in [-0.1, -0.05) is 13.8 Å². The highest BCUT2D eigenvalue weighted by Gasteiger charge is 2.27. The molecule has 0 saturated carbocycles. The smallest absolute Gasteiger partial charge is 0.387 e. The molecule has 0 bridgehead atoms. The third kappa shape index (κ3) is 5.88. The summed E-state index contributed by atoms with van der Waals surface area (Å²) >= 11 is 0. The fourth-order valence-corrected chi connectivity index (χ4v) is 4.39. The third-order valence-electron chi connectivity index (χ3n) is 4.30.